The van der Waals surface area contributed by atoms with E-state index in [4.69, 9.17) is 4.52 Å². The molecule has 1 aromatic carbocycles. The van der Waals surface area contributed by atoms with Crippen LogP contribution in [0, 0.1) is 6.92 Å². The summed E-state index contributed by atoms with van der Waals surface area (Å²) < 4.78 is 5.38. The molecule has 1 atom stereocenters. The van der Waals surface area contributed by atoms with E-state index in [1.165, 1.54) is 11.8 Å². The minimum atomic E-state index is -0.0248. The lowest BCUT2D eigenvalue weighted by atomic mass is 10.0. The molecule has 0 saturated carbocycles. The summed E-state index contributed by atoms with van der Waals surface area (Å²) >= 11 is 0. The summed E-state index contributed by atoms with van der Waals surface area (Å²) in [4.78, 5) is 19.0. The molecule has 1 aliphatic heterocycles. The normalized spacial score (nSPS) is 17.0. The Hall–Kier alpha value is -2.95. The second-order valence-corrected chi connectivity index (χ2v) is 6.46. The van der Waals surface area contributed by atoms with Crippen LogP contribution in [-0.4, -0.2) is 34.0 Å². The number of aryl methyl sites for hydroxylation is 1. The molecule has 5 heteroatoms. The Morgan fingerprint density at radius 3 is 2.80 bits per heavy atom. The fourth-order valence-corrected chi connectivity index (χ4v) is 3.31. The SMILES string of the molecule is Cc1ccc(-c2oncc2C(=O)N2CC[C@H](c3cccnc3)C2)cc1. The number of benzene rings is 1. The molecule has 1 aliphatic rings. The van der Waals surface area contributed by atoms with Crippen molar-refractivity contribution in [3.05, 3.63) is 71.7 Å². The Morgan fingerprint density at radius 2 is 2.04 bits per heavy atom. The topological polar surface area (TPSA) is 59.2 Å². The smallest absolute Gasteiger partial charge is 0.259 e. The van der Waals surface area contributed by atoms with Gasteiger partial charge in [0.2, 0.25) is 0 Å². The molecule has 2 aromatic heterocycles. The van der Waals surface area contributed by atoms with Crippen molar-refractivity contribution >= 4 is 5.91 Å². The summed E-state index contributed by atoms with van der Waals surface area (Å²) in [7, 11) is 0. The number of rotatable bonds is 3. The summed E-state index contributed by atoms with van der Waals surface area (Å²) in [5.74, 6) is 0.846. The minimum absolute atomic E-state index is 0.0248. The van der Waals surface area contributed by atoms with Crippen LogP contribution >= 0.6 is 0 Å². The van der Waals surface area contributed by atoms with Gasteiger partial charge in [-0.2, -0.15) is 0 Å². The number of amides is 1. The van der Waals surface area contributed by atoms with Gasteiger partial charge in [0.05, 0.1) is 6.20 Å². The zero-order valence-electron chi connectivity index (χ0n) is 14.1. The highest BCUT2D eigenvalue weighted by Crippen LogP contribution is 2.30. The average Bonchev–Trinajstić information content (AvgIpc) is 3.32. The molecule has 0 spiro atoms. The molecule has 0 aliphatic carbocycles. The number of nitrogens with zero attached hydrogens (tertiary/aromatic N) is 3. The number of hydrogen-bond donors (Lipinski definition) is 0. The first-order valence-corrected chi connectivity index (χ1v) is 8.43. The zero-order chi connectivity index (χ0) is 17.2. The third-order valence-corrected chi connectivity index (χ3v) is 4.75. The van der Waals surface area contributed by atoms with Gasteiger partial charge in [0, 0.05) is 37.0 Å². The predicted molar refractivity (Wildman–Crippen MR) is 94.2 cm³/mol. The van der Waals surface area contributed by atoms with E-state index in [2.05, 4.69) is 16.2 Å². The van der Waals surface area contributed by atoms with E-state index in [1.54, 1.807) is 6.20 Å². The van der Waals surface area contributed by atoms with Crippen LogP contribution in [0.25, 0.3) is 11.3 Å². The highest BCUT2D eigenvalue weighted by Gasteiger charge is 2.30. The first kappa shape index (κ1) is 15.6. The van der Waals surface area contributed by atoms with E-state index in [0.717, 1.165) is 24.1 Å². The molecule has 5 nitrogen and oxygen atoms in total. The first-order chi connectivity index (χ1) is 12.2. The van der Waals surface area contributed by atoms with E-state index in [-0.39, 0.29) is 5.91 Å². The molecule has 3 aromatic rings. The van der Waals surface area contributed by atoms with Crippen molar-refractivity contribution in [3.8, 4) is 11.3 Å². The molecular formula is C20H19N3O2. The van der Waals surface area contributed by atoms with Crippen LogP contribution < -0.4 is 0 Å². The number of carbonyl (C=O) groups is 1. The van der Waals surface area contributed by atoms with E-state index in [9.17, 15) is 4.79 Å². The predicted octanol–water partition coefficient (Wildman–Crippen LogP) is 3.67. The molecule has 3 heterocycles. The second-order valence-electron chi connectivity index (χ2n) is 6.46. The summed E-state index contributed by atoms with van der Waals surface area (Å²) in [6.07, 6.45) is 6.12. The standard InChI is InChI=1S/C20H19N3O2/c1-14-4-6-15(7-5-14)19-18(12-22-25-19)20(24)23-10-8-17(13-23)16-3-2-9-21-11-16/h2-7,9,11-12,17H,8,10,13H2,1H3/t17-/m0/s1. The molecule has 1 saturated heterocycles. The molecule has 0 radical (unpaired) electrons. The average molecular weight is 333 g/mol. The Labute approximate surface area is 146 Å². The first-order valence-electron chi connectivity index (χ1n) is 8.43. The Kier molecular flexibility index (Phi) is 4.06. The third-order valence-electron chi connectivity index (χ3n) is 4.75. The molecular weight excluding hydrogens is 314 g/mol. The molecule has 0 unspecified atom stereocenters. The van der Waals surface area contributed by atoms with Gasteiger partial charge in [-0.05, 0) is 25.0 Å². The van der Waals surface area contributed by atoms with Gasteiger partial charge in [-0.25, -0.2) is 0 Å². The zero-order valence-corrected chi connectivity index (χ0v) is 14.1. The van der Waals surface area contributed by atoms with Crippen molar-refractivity contribution in [3.63, 3.8) is 0 Å². The highest BCUT2D eigenvalue weighted by molar-refractivity contribution is 5.99. The van der Waals surface area contributed by atoms with Crippen LogP contribution in [0.1, 0.15) is 33.8 Å². The van der Waals surface area contributed by atoms with Crippen LogP contribution in [0.3, 0.4) is 0 Å². The molecule has 126 valence electrons. The summed E-state index contributed by atoms with van der Waals surface area (Å²) in [5.41, 5.74) is 3.74. The maximum atomic E-state index is 13.0. The van der Waals surface area contributed by atoms with Crippen molar-refractivity contribution in [1.82, 2.24) is 15.0 Å². The van der Waals surface area contributed by atoms with Crippen molar-refractivity contribution in [2.75, 3.05) is 13.1 Å². The van der Waals surface area contributed by atoms with Gasteiger partial charge in [-0.1, -0.05) is 41.1 Å². The van der Waals surface area contributed by atoms with Crippen LogP contribution in [0.4, 0.5) is 0 Å². The second kappa shape index (κ2) is 6.51. The summed E-state index contributed by atoms with van der Waals surface area (Å²) in [6.45, 7) is 3.46. The Bertz CT molecular complexity index is 871. The quantitative estimate of drug-likeness (QED) is 0.734. The van der Waals surface area contributed by atoms with Gasteiger partial charge < -0.3 is 9.42 Å². The van der Waals surface area contributed by atoms with Crippen molar-refractivity contribution < 1.29 is 9.32 Å². The molecule has 0 bridgehead atoms. The summed E-state index contributed by atoms with van der Waals surface area (Å²) in [5, 5.41) is 3.86. The monoisotopic (exact) mass is 333 g/mol. The van der Waals surface area contributed by atoms with Gasteiger partial charge in [0.1, 0.15) is 5.56 Å². The van der Waals surface area contributed by atoms with E-state index in [1.807, 2.05) is 48.4 Å². The number of carbonyl (C=O) groups excluding carboxylic acids is 1. The minimum Gasteiger partial charge on any atom is -0.355 e. The molecule has 4 rings (SSSR count). The largest absolute Gasteiger partial charge is 0.355 e. The van der Waals surface area contributed by atoms with Gasteiger partial charge in [-0.15, -0.1) is 0 Å². The van der Waals surface area contributed by atoms with E-state index < -0.39 is 0 Å². The van der Waals surface area contributed by atoms with Crippen molar-refractivity contribution in [2.45, 2.75) is 19.3 Å². The number of likely N-dealkylation sites (tertiary alicyclic amines) is 1. The molecule has 1 fully saturated rings. The van der Waals surface area contributed by atoms with E-state index >= 15 is 0 Å². The number of pyridine rings is 1. The van der Waals surface area contributed by atoms with Crippen LogP contribution in [-0.2, 0) is 0 Å². The van der Waals surface area contributed by atoms with Gasteiger partial charge in [-0.3, -0.25) is 9.78 Å². The highest BCUT2D eigenvalue weighted by atomic mass is 16.5. The molecule has 1 amide bonds. The third kappa shape index (κ3) is 3.05. The molecule has 0 N–H and O–H groups in total. The summed E-state index contributed by atoms with van der Waals surface area (Å²) in [6, 6.07) is 11.9. The van der Waals surface area contributed by atoms with Gasteiger partial charge in [0.15, 0.2) is 5.76 Å². The van der Waals surface area contributed by atoms with Crippen molar-refractivity contribution in [1.29, 1.82) is 0 Å². The lowest BCUT2D eigenvalue weighted by Crippen LogP contribution is -2.28. The number of hydrogen-bond acceptors (Lipinski definition) is 4. The fourth-order valence-electron chi connectivity index (χ4n) is 3.31. The van der Waals surface area contributed by atoms with Crippen LogP contribution in [0.5, 0.6) is 0 Å². The maximum Gasteiger partial charge on any atom is 0.259 e. The van der Waals surface area contributed by atoms with Crippen LogP contribution in [0.15, 0.2) is 59.5 Å². The maximum absolute atomic E-state index is 13.0. The Balaban J connectivity index is 1.55. The van der Waals surface area contributed by atoms with Gasteiger partial charge in [0.25, 0.3) is 5.91 Å². The lowest BCUT2D eigenvalue weighted by molar-refractivity contribution is 0.0791. The van der Waals surface area contributed by atoms with Gasteiger partial charge >= 0.3 is 0 Å². The molecule has 25 heavy (non-hydrogen) atoms. The fraction of sp³-hybridized carbons (Fsp3) is 0.250. The lowest BCUT2D eigenvalue weighted by Gasteiger charge is -2.16. The number of aromatic nitrogens is 2. The Morgan fingerprint density at radius 1 is 1.20 bits per heavy atom. The van der Waals surface area contributed by atoms with Crippen molar-refractivity contribution in [2.24, 2.45) is 0 Å². The van der Waals surface area contributed by atoms with E-state index in [0.29, 0.717) is 23.8 Å². The van der Waals surface area contributed by atoms with Crippen LogP contribution in [0.2, 0.25) is 0 Å².